The Hall–Kier alpha value is -1.56. The summed E-state index contributed by atoms with van der Waals surface area (Å²) in [5.41, 5.74) is -0.876. The van der Waals surface area contributed by atoms with Crippen molar-refractivity contribution in [2.24, 2.45) is 5.92 Å². The SMILES string of the molecule is COC(=O)C1(NC(=O)CCSc2ccc(F)cc2)CCC(C)CC1. The molecule has 0 saturated heterocycles. The lowest BCUT2D eigenvalue weighted by Crippen LogP contribution is -2.56. The molecule has 1 N–H and O–H groups in total. The molecule has 0 heterocycles. The van der Waals surface area contributed by atoms with Crippen LogP contribution in [0.5, 0.6) is 0 Å². The van der Waals surface area contributed by atoms with Crippen LogP contribution in [0.4, 0.5) is 4.39 Å². The van der Waals surface area contributed by atoms with Gasteiger partial charge in [-0.2, -0.15) is 0 Å². The summed E-state index contributed by atoms with van der Waals surface area (Å²) in [5.74, 6) is 0.362. The van der Waals surface area contributed by atoms with Gasteiger partial charge in [-0.1, -0.05) is 6.92 Å². The molecule has 1 aliphatic carbocycles. The van der Waals surface area contributed by atoms with E-state index in [4.69, 9.17) is 4.74 Å². The highest BCUT2D eigenvalue weighted by Crippen LogP contribution is 2.33. The number of amides is 1. The van der Waals surface area contributed by atoms with Gasteiger partial charge in [-0.3, -0.25) is 4.79 Å². The van der Waals surface area contributed by atoms with Crippen LogP contribution in [-0.2, 0) is 14.3 Å². The van der Waals surface area contributed by atoms with Crippen molar-refractivity contribution in [2.45, 2.75) is 49.5 Å². The molecule has 1 aromatic rings. The zero-order valence-electron chi connectivity index (χ0n) is 14.1. The first-order chi connectivity index (χ1) is 11.4. The number of halogens is 1. The molecule has 4 nitrogen and oxygen atoms in total. The Morgan fingerprint density at radius 3 is 2.50 bits per heavy atom. The van der Waals surface area contributed by atoms with Crippen molar-refractivity contribution < 1.29 is 18.7 Å². The van der Waals surface area contributed by atoms with Gasteiger partial charge in [0.05, 0.1) is 7.11 Å². The monoisotopic (exact) mass is 353 g/mol. The summed E-state index contributed by atoms with van der Waals surface area (Å²) in [6.07, 6.45) is 3.35. The van der Waals surface area contributed by atoms with Gasteiger partial charge in [0, 0.05) is 17.1 Å². The first-order valence-corrected chi connectivity index (χ1v) is 9.21. The van der Waals surface area contributed by atoms with E-state index in [1.165, 1.54) is 31.0 Å². The lowest BCUT2D eigenvalue weighted by atomic mass is 9.77. The number of ether oxygens (including phenoxy) is 1. The largest absolute Gasteiger partial charge is 0.467 e. The van der Waals surface area contributed by atoms with Crippen molar-refractivity contribution >= 4 is 23.6 Å². The maximum Gasteiger partial charge on any atom is 0.331 e. The van der Waals surface area contributed by atoms with Crippen LogP contribution >= 0.6 is 11.8 Å². The predicted molar refractivity (Wildman–Crippen MR) is 92.3 cm³/mol. The summed E-state index contributed by atoms with van der Waals surface area (Å²) in [6, 6.07) is 6.18. The molecule has 0 bridgehead atoms. The number of hydrogen-bond acceptors (Lipinski definition) is 4. The molecule has 1 aromatic carbocycles. The number of carbonyl (C=O) groups excluding carboxylic acids is 2. The zero-order chi connectivity index (χ0) is 17.6. The molecule has 0 aromatic heterocycles. The van der Waals surface area contributed by atoms with E-state index in [0.29, 0.717) is 30.9 Å². The van der Waals surface area contributed by atoms with Crippen molar-refractivity contribution in [3.05, 3.63) is 30.1 Å². The van der Waals surface area contributed by atoms with Gasteiger partial charge in [0.25, 0.3) is 0 Å². The topological polar surface area (TPSA) is 55.4 Å². The molecule has 2 rings (SSSR count). The highest BCUT2D eigenvalue weighted by molar-refractivity contribution is 7.99. The van der Waals surface area contributed by atoms with Crippen molar-refractivity contribution in [3.8, 4) is 0 Å². The molecule has 1 amide bonds. The molecular formula is C18H24FNO3S. The summed E-state index contributed by atoms with van der Waals surface area (Å²) in [5, 5.41) is 2.91. The number of carbonyl (C=O) groups is 2. The van der Waals surface area contributed by atoms with Crippen LogP contribution < -0.4 is 5.32 Å². The minimum Gasteiger partial charge on any atom is -0.467 e. The van der Waals surface area contributed by atoms with Gasteiger partial charge >= 0.3 is 5.97 Å². The quantitative estimate of drug-likeness (QED) is 0.628. The van der Waals surface area contributed by atoms with E-state index < -0.39 is 5.54 Å². The van der Waals surface area contributed by atoms with Gasteiger partial charge in [0.2, 0.25) is 5.91 Å². The molecule has 24 heavy (non-hydrogen) atoms. The molecule has 0 atom stereocenters. The van der Waals surface area contributed by atoms with E-state index in [-0.39, 0.29) is 17.7 Å². The van der Waals surface area contributed by atoms with Gasteiger partial charge in [-0.15, -0.1) is 11.8 Å². The second-order valence-corrected chi connectivity index (χ2v) is 7.53. The van der Waals surface area contributed by atoms with Crippen LogP contribution in [0, 0.1) is 11.7 Å². The summed E-state index contributed by atoms with van der Waals surface area (Å²) in [7, 11) is 1.36. The summed E-state index contributed by atoms with van der Waals surface area (Å²) in [4.78, 5) is 25.4. The van der Waals surface area contributed by atoms with Crippen molar-refractivity contribution in [2.75, 3.05) is 12.9 Å². The van der Waals surface area contributed by atoms with E-state index >= 15 is 0 Å². The lowest BCUT2D eigenvalue weighted by Gasteiger charge is -2.37. The van der Waals surface area contributed by atoms with Gasteiger partial charge in [0.1, 0.15) is 11.4 Å². The second-order valence-electron chi connectivity index (χ2n) is 6.36. The molecule has 0 unspecified atom stereocenters. The minimum atomic E-state index is -0.876. The lowest BCUT2D eigenvalue weighted by molar-refractivity contribution is -0.153. The first kappa shape index (κ1) is 18.8. The number of esters is 1. The minimum absolute atomic E-state index is 0.149. The Morgan fingerprint density at radius 2 is 1.92 bits per heavy atom. The van der Waals surface area contributed by atoms with E-state index in [1.807, 2.05) is 0 Å². The van der Waals surface area contributed by atoms with E-state index in [0.717, 1.165) is 17.7 Å². The molecule has 0 radical (unpaired) electrons. The van der Waals surface area contributed by atoms with E-state index in [2.05, 4.69) is 12.2 Å². The smallest absolute Gasteiger partial charge is 0.331 e. The third kappa shape index (κ3) is 4.97. The highest BCUT2D eigenvalue weighted by Gasteiger charge is 2.43. The van der Waals surface area contributed by atoms with E-state index in [9.17, 15) is 14.0 Å². The Labute approximate surface area is 146 Å². The molecule has 1 fully saturated rings. The number of benzene rings is 1. The van der Waals surface area contributed by atoms with Gasteiger partial charge in [-0.05, 0) is 55.9 Å². The average molecular weight is 353 g/mol. The predicted octanol–water partition coefficient (Wildman–Crippen LogP) is 3.55. The van der Waals surface area contributed by atoms with Gasteiger partial charge in [-0.25, -0.2) is 9.18 Å². The van der Waals surface area contributed by atoms with E-state index in [1.54, 1.807) is 12.1 Å². The molecule has 0 aliphatic heterocycles. The van der Waals surface area contributed by atoms with Crippen LogP contribution in [0.2, 0.25) is 0 Å². The standard InChI is InChI=1S/C18H24FNO3S/c1-13-7-10-18(11-8-13,17(22)23-2)20-16(21)9-12-24-15-5-3-14(19)4-6-15/h3-6,13H,7-12H2,1-2H3,(H,20,21). The molecule has 6 heteroatoms. The average Bonchev–Trinajstić information content (AvgIpc) is 2.58. The molecule has 1 saturated carbocycles. The van der Waals surface area contributed by atoms with Crippen molar-refractivity contribution in [3.63, 3.8) is 0 Å². The number of hydrogen-bond donors (Lipinski definition) is 1. The van der Waals surface area contributed by atoms with Crippen LogP contribution in [0.3, 0.4) is 0 Å². The van der Waals surface area contributed by atoms with Crippen LogP contribution in [-0.4, -0.2) is 30.3 Å². The summed E-state index contributed by atoms with van der Waals surface area (Å²) < 4.78 is 17.8. The fraction of sp³-hybridized carbons (Fsp3) is 0.556. The first-order valence-electron chi connectivity index (χ1n) is 8.23. The van der Waals surface area contributed by atoms with Crippen molar-refractivity contribution in [1.29, 1.82) is 0 Å². The molecule has 0 spiro atoms. The highest BCUT2D eigenvalue weighted by atomic mass is 32.2. The normalized spacial score (nSPS) is 23.5. The van der Waals surface area contributed by atoms with Crippen LogP contribution in [0.1, 0.15) is 39.0 Å². The van der Waals surface area contributed by atoms with Gasteiger partial charge in [0.15, 0.2) is 0 Å². The third-order valence-corrected chi connectivity index (χ3v) is 5.51. The Bertz CT molecular complexity index is 568. The number of nitrogens with one attached hydrogen (secondary N) is 1. The number of methoxy groups -OCH3 is 1. The second kappa shape index (κ2) is 8.51. The Kier molecular flexibility index (Phi) is 6.66. The third-order valence-electron chi connectivity index (χ3n) is 4.49. The van der Waals surface area contributed by atoms with Crippen LogP contribution in [0.15, 0.2) is 29.2 Å². The van der Waals surface area contributed by atoms with Gasteiger partial charge < -0.3 is 10.1 Å². The Morgan fingerprint density at radius 1 is 1.29 bits per heavy atom. The molecule has 132 valence electrons. The maximum absolute atomic E-state index is 12.9. The Balaban J connectivity index is 1.86. The zero-order valence-corrected chi connectivity index (χ0v) is 15.0. The fourth-order valence-electron chi connectivity index (χ4n) is 2.95. The molecule has 1 aliphatic rings. The van der Waals surface area contributed by atoms with Crippen LogP contribution in [0.25, 0.3) is 0 Å². The number of thioether (sulfide) groups is 1. The maximum atomic E-state index is 12.9. The van der Waals surface area contributed by atoms with Crippen molar-refractivity contribution in [1.82, 2.24) is 5.32 Å². The summed E-state index contributed by atoms with van der Waals surface area (Å²) >= 11 is 1.49. The molecular weight excluding hydrogens is 329 g/mol. The number of rotatable bonds is 6. The fourth-order valence-corrected chi connectivity index (χ4v) is 3.80. The summed E-state index contributed by atoms with van der Waals surface area (Å²) in [6.45, 7) is 2.16.